The van der Waals surface area contributed by atoms with Crippen molar-refractivity contribution in [2.75, 3.05) is 13.7 Å². The molecular weight excluding hydrogens is 342 g/mol. The van der Waals surface area contributed by atoms with Crippen molar-refractivity contribution in [3.8, 4) is 10.4 Å². The van der Waals surface area contributed by atoms with E-state index in [2.05, 4.69) is 18.2 Å². The quantitative estimate of drug-likeness (QED) is 0.738. The highest BCUT2D eigenvalue weighted by molar-refractivity contribution is 7.19. The van der Waals surface area contributed by atoms with Crippen LogP contribution in [0.2, 0.25) is 4.34 Å². The minimum Gasteiger partial charge on any atom is -0.333 e. The predicted molar refractivity (Wildman–Crippen MR) is 102 cm³/mol. The Bertz CT molecular complexity index is 699. The van der Waals surface area contributed by atoms with Gasteiger partial charge in [-0.25, -0.2) is 0 Å². The molecule has 1 atom stereocenters. The summed E-state index contributed by atoms with van der Waals surface area (Å²) in [6.45, 7) is 2.12. The van der Waals surface area contributed by atoms with E-state index in [4.69, 9.17) is 23.1 Å². The van der Waals surface area contributed by atoms with Gasteiger partial charge in [-0.1, -0.05) is 35.9 Å². The average molecular weight is 366 g/mol. The molecule has 6 heteroatoms. The Morgan fingerprint density at radius 3 is 2.71 bits per heavy atom. The minimum atomic E-state index is -0.553. The van der Waals surface area contributed by atoms with Gasteiger partial charge in [-0.2, -0.15) is 0 Å². The van der Waals surface area contributed by atoms with Gasteiger partial charge in [-0.15, -0.1) is 11.3 Å². The first-order valence-electron chi connectivity index (χ1n) is 7.88. The molecule has 0 fully saturated rings. The first-order valence-corrected chi connectivity index (χ1v) is 9.08. The monoisotopic (exact) mass is 365 g/mol. The maximum atomic E-state index is 12.0. The van der Waals surface area contributed by atoms with E-state index in [1.54, 1.807) is 18.4 Å². The van der Waals surface area contributed by atoms with E-state index in [1.165, 1.54) is 10.5 Å². The van der Waals surface area contributed by atoms with Crippen molar-refractivity contribution in [1.29, 1.82) is 0 Å². The van der Waals surface area contributed by atoms with E-state index in [0.717, 1.165) is 27.6 Å². The molecule has 0 aliphatic heterocycles. The molecule has 0 radical (unpaired) electrons. The predicted octanol–water partition coefficient (Wildman–Crippen LogP) is 3.48. The van der Waals surface area contributed by atoms with Crippen LogP contribution in [-0.4, -0.2) is 30.1 Å². The molecule has 0 bridgehead atoms. The molecule has 4 N–H and O–H groups in total. The van der Waals surface area contributed by atoms with Crippen molar-refractivity contribution in [2.45, 2.75) is 31.7 Å². The minimum absolute atomic E-state index is 0.0236. The molecule has 1 heterocycles. The molecule has 0 aliphatic rings. The summed E-state index contributed by atoms with van der Waals surface area (Å²) in [6.07, 6.45) is 1.84. The fraction of sp³-hybridized carbons (Fsp3) is 0.389. The molecule has 1 unspecified atom stereocenters. The third-order valence-corrected chi connectivity index (χ3v) is 5.30. The summed E-state index contributed by atoms with van der Waals surface area (Å²) in [5, 5.41) is 0. The van der Waals surface area contributed by atoms with E-state index in [1.807, 2.05) is 25.1 Å². The molecule has 0 spiro atoms. The average Bonchev–Trinajstić information content (AvgIpc) is 2.98. The van der Waals surface area contributed by atoms with Crippen LogP contribution in [-0.2, 0) is 11.2 Å². The molecule has 1 amide bonds. The number of thiophene rings is 1. The number of rotatable bonds is 7. The van der Waals surface area contributed by atoms with Gasteiger partial charge in [-0.05, 0) is 43.0 Å². The highest BCUT2D eigenvalue weighted by atomic mass is 35.5. The lowest BCUT2D eigenvalue weighted by atomic mass is 9.90. The molecule has 0 saturated heterocycles. The summed E-state index contributed by atoms with van der Waals surface area (Å²) < 4.78 is 0.785. The van der Waals surface area contributed by atoms with Crippen molar-refractivity contribution in [3.63, 3.8) is 0 Å². The van der Waals surface area contributed by atoms with Crippen molar-refractivity contribution >= 4 is 28.8 Å². The highest BCUT2D eigenvalue weighted by Crippen LogP contribution is 2.31. The number of benzene rings is 1. The van der Waals surface area contributed by atoms with Gasteiger partial charge in [0.15, 0.2) is 0 Å². The van der Waals surface area contributed by atoms with Crippen LogP contribution in [0.3, 0.4) is 0 Å². The van der Waals surface area contributed by atoms with Gasteiger partial charge in [-0.3, -0.25) is 4.79 Å². The second kappa shape index (κ2) is 8.12. The van der Waals surface area contributed by atoms with Crippen LogP contribution in [0.25, 0.3) is 10.4 Å². The molecule has 0 saturated carbocycles. The smallest absolute Gasteiger partial charge is 0.225 e. The maximum absolute atomic E-state index is 12.0. The molecule has 1 aromatic carbocycles. The zero-order valence-electron chi connectivity index (χ0n) is 14.1. The number of hydrogen-bond acceptors (Lipinski definition) is 4. The van der Waals surface area contributed by atoms with Crippen LogP contribution < -0.4 is 11.5 Å². The summed E-state index contributed by atoms with van der Waals surface area (Å²) in [5.74, 6) is -0.0236. The van der Waals surface area contributed by atoms with Gasteiger partial charge in [0.25, 0.3) is 0 Å². The molecule has 2 rings (SSSR count). The molecule has 0 aliphatic carbocycles. The topological polar surface area (TPSA) is 72.3 Å². The van der Waals surface area contributed by atoms with Crippen molar-refractivity contribution in [1.82, 2.24) is 4.90 Å². The first-order chi connectivity index (χ1) is 11.3. The molecular formula is C18H24ClN3OS. The number of aryl methyl sites for hydroxylation is 1. The van der Waals surface area contributed by atoms with Crippen LogP contribution >= 0.6 is 22.9 Å². The number of hydrogen-bond donors (Lipinski definition) is 2. The lowest BCUT2D eigenvalue weighted by Gasteiger charge is -2.26. The van der Waals surface area contributed by atoms with Crippen LogP contribution in [0.4, 0.5) is 0 Å². The second-order valence-corrected chi connectivity index (χ2v) is 8.12. The summed E-state index contributed by atoms with van der Waals surface area (Å²) in [7, 11) is 1.69. The largest absolute Gasteiger partial charge is 0.333 e. The third kappa shape index (κ3) is 5.31. The van der Waals surface area contributed by atoms with Gasteiger partial charge in [0, 0.05) is 23.9 Å². The summed E-state index contributed by atoms with van der Waals surface area (Å²) in [6, 6.07) is 12.3. The number of carbonyl (C=O) groups is 1. The standard InChI is InChI=1S/C18H24ClN3OS/c1-18(21,11-17(23)22(2)12-20)9-8-13-4-3-5-14(10-13)15-6-7-16(19)24-15/h3-7,10H,8-9,11-12,20-21H2,1-2H3. The zero-order valence-corrected chi connectivity index (χ0v) is 15.7. The molecule has 130 valence electrons. The Balaban J connectivity index is 2.00. The van der Waals surface area contributed by atoms with Crippen LogP contribution in [0.1, 0.15) is 25.3 Å². The SMILES string of the molecule is CN(CN)C(=O)CC(C)(N)CCc1cccc(-c2ccc(Cl)s2)c1. The molecule has 2 aromatic rings. The number of nitrogens with two attached hydrogens (primary N) is 2. The van der Waals surface area contributed by atoms with Crippen molar-refractivity contribution in [3.05, 3.63) is 46.3 Å². The van der Waals surface area contributed by atoms with Crippen LogP contribution in [0.5, 0.6) is 0 Å². The molecule has 1 aromatic heterocycles. The van der Waals surface area contributed by atoms with Crippen molar-refractivity contribution in [2.24, 2.45) is 11.5 Å². The van der Waals surface area contributed by atoms with E-state index in [9.17, 15) is 4.79 Å². The Morgan fingerprint density at radius 1 is 1.33 bits per heavy atom. The van der Waals surface area contributed by atoms with Crippen LogP contribution in [0, 0.1) is 0 Å². The number of halogens is 1. The normalized spacial score (nSPS) is 13.5. The Labute approximate surface area is 152 Å². The molecule has 4 nitrogen and oxygen atoms in total. The summed E-state index contributed by atoms with van der Waals surface area (Å²) in [4.78, 5) is 14.6. The Morgan fingerprint density at radius 2 is 2.08 bits per heavy atom. The fourth-order valence-electron chi connectivity index (χ4n) is 2.45. The van der Waals surface area contributed by atoms with Gasteiger partial charge < -0.3 is 16.4 Å². The lowest BCUT2D eigenvalue weighted by molar-refractivity contribution is -0.131. The third-order valence-electron chi connectivity index (χ3n) is 4.02. The molecule has 24 heavy (non-hydrogen) atoms. The number of amides is 1. The Hall–Kier alpha value is -1.40. The number of nitrogens with zero attached hydrogens (tertiary/aromatic N) is 1. The van der Waals surface area contributed by atoms with Gasteiger partial charge >= 0.3 is 0 Å². The van der Waals surface area contributed by atoms with E-state index >= 15 is 0 Å². The fourth-order valence-corrected chi connectivity index (χ4v) is 3.49. The maximum Gasteiger partial charge on any atom is 0.225 e. The first kappa shape index (κ1) is 18.9. The van der Waals surface area contributed by atoms with Gasteiger partial charge in [0.1, 0.15) is 0 Å². The summed E-state index contributed by atoms with van der Waals surface area (Å²) >= 11 is 7.58. The van der Waals surface area contributed by atoms with Crippen LogP contribution in [0.15, 0.2) is 36.4 Å². The zero-order chi connectivity index (χ0) is 17.7. The van der Waals surface area contributed by atoms with E-state index in [0.29, 0.717) is 6.42 Å². The highest BCUT2D eigenvalue weighted by Gasteiger charge is 2.24. The van der Waals surface area contributed by atoms with Gasteiger partial charge in [0.05, 0.1) is 11.0 Å². The Kier molecular flexibility index (Phi) is 6.40. The van der Waals surface area contributed by atoms with Crippen molar-refractivity contribution < 1.29 is 4.79 Å². The number of carbonyl (C=O) groups excluding carboxylic acids is 1. The lowest BCUT2D eigenvalue weighted by Crippen LogP contribution is -2.44. The van der Waals surface area contributed by atoms with E-state index in [-0.39, 0.29) is 12.6 Å². The van der Waals surface area contributed by atoms with Gasteiger partial charge in [0.2, 0.25) is 5.91 Å². The summed E-state index contributed by atoms with van der Waals surface area (Å²) in [5.41, 5.74) is 13.6. The van der Waals surface area contributed by atoms with E-state index < -0.39 is 5.54 Å². The second-order valence-electron chi connectivity index (χ2n) is 6.41.